The van der Waals surface area contributed by atoms with Crippen LogP contribution in [0.5, 0.6) is 5.75 Å². The quantitative estimate of drug-likeness (QED) is 0.809. The molecule has 1 N–H and O–H groups in total. The number of ether oxygens (including phenoxy) is 1. The van der Waals surface area contributed by atoms with Gasteiger partial charge in [0.05, 0.1) is 0 Å². The number of allylic oxidation sites excluding steroid dienone is 1. The molecule has 1 aliphatic heterocycles. The standard InChI is InChI=1S/C21H21FN2O4S/c22-20-17(12-15-6-4-5-7-15)10-11-18(28-14-16-8-2-1-3-9-16)21(20)24-13-19(25)23-29(24,26)27/h1-3,8-12H,4-7,13-14H2,(H,23,25). The van der Waals surface area contributed by atoms with Crippen LogP contribution in [0.15, 0.2) is 48.0 Å². The summed E-state index contributed by atoms with van der Waals surface area (Å²) in [4.78, 5) is 11.7. The van der Waals surface area contributed by atoms with Crippen LogP contribution in [-0.2, 0) is 21.6 Å². The van der Waals surface area contributed by atoms with E-state index in [4.69, 9.17) is 4.74 Å². The van der Waals surface area contributed by atoms with Crippen LogP contribution in [0.25, 0.3) is 6.08 Å². The van der Waals surface area contributed by atoms with Crippen molar-refractivity contribution >= 4 is 27.9 Å². The third-order valence-corrected chi connectivity index (χ3v) is 6.40. The van der Waals surface area contributed by atoms with Gasteiger partial charge in [0, 0.05) is 5.56 Å². The summed E-state index contributed by atoms with van der Waals surface area (Å²) in [5, 5.41) is 0. The minimum absolute atomic E-state index is 0.0694. The van der Waals surface area contributed by atoms with Gasteiger partial charge in [0.15, 0.2) is 5.82 Å². The van der Waals surface area contributed by atoms with Gasteiger partial charge < -0.3 is 4.74 Å². The molecule has 0 unspecified atom stereocenters. The molecule has 0 bridgehead atoms. The Balaban J connectivity index is 1.74. The first-order valence-corrected chi connectivity index (χ1v) is 10.9. The molecule has 0 radical (unpaired) electrons. The second-order valence-corrected chi connectivity index (χ2v) is 8.73. The fourth-order valence-corrected chi connectivity index (χ4v) is 4.76. The zero-order valence-corrected chi connectivity index (χ0v) is 16.5. The first-order valence-electron chi connectivity index (χ1n) is 9.46. The van der Waals surface area contributed by atoms with Gasteiger partial charge in [-0.25, -0.2) is 13.4 Å². The summed E-state index contributed by atoms with van der Waals surface area (Å²) in [6, 6.07) is 12.4. The predicted molar refractivity (Wildman–Crippen MR) is 108 cm³/mol. The Bertz CT molecular complexity index is 1060. The highest BCUT2D eigenvalue weighted by molar-refractivity contribution is 7.92. The van der Waals surface area contributed by atoms with E-state index < -0.39 is 28.5 Å². The maximum atomic E-state index is 15.5. The van der Waals surface area contributed by atoms with Gasteiger partial charge in [-0.1, -0.05) is 42.0 Å². The van der Waals surface area contributed by atoms with E-state index in [-0.39, 0.29) is 18.0 Å². The zero-order chi connectivity index (χ0) is 20.4. The van der Waals surface area contributed by atoms with E-state index in [1.807, 2.05) is 35.1 Å². The zero-order valence-electron chi connectivity index (χ0n) is 15.7. The summed E-state index contributed by atoms with van der Waals surface area (Å²) in [6.45, 7) is -0.343. The van der Waals surface area contributed by atoms with Crippen molar-refractivity contribution < 1.29 is 22.3 Å². The van der Waals surface area contributed by atoms with Crippen LogP contribution in [-0.4, -0.2) is 20.9 Å². The SMILES string of the molecule is O=C1CN(c2c(OCc3ccccc3)ccc(C=C3CCCC3)c2F)S(=O)(=O)N1. The minimum atomic E-state index is -4.17. The molecule has 1 saturated carbocycles. The third-order valence-electron chi connectivity index (χ3n) is 5.02. The molecule has 0 atom stereocenters. The van der Waals surface area contributed by atoms with Crippen molar-refractivity contribution in [1.82, 2.24) is 4.72 Å². The predicted octanol–water partition coefficient (Wildman–Crippen LogP) is 3.54. The molecule has 1 heterocycles. The number of rotatable bonds is 5. The van der Waals surface area contributed by atoms with Crippen molar-refractivity contribution in [2.45, 2.75) is 32.3 Å². The van der Waals surface area contributed by atoms with Crippen LogP contribution in [0.3, 0.4) is 0 Å². The Morgan fingerprint density at radius 2 is 1.83 bits per heavy atom. The van der Waals surface area contributed by atoms with Gasteiger partial charge in [0.1, 0.15) is 24.6 Å². The molecule has 2 aromatic carbocycles. The van der Waals surface area contributed by atoms with Crippen molar-refractivity contribution in [1.29, 1.82) is 0 Å². The minimum Gasteiger partial charge on any atom is -0.487 e. The van der Waals surface area contributed by atoms with Gasteiger partial charge in [-0.05, 0) is 43.4 Å². The highest BCUT2D eigenvalue weighted by atomic mass is 32.2. The normalized spacial score (nSPS) is 18.0. The summed E-state index contributed by atoms with van der Waals surface area (Å²) >= 11 is 0. The topological polar surface area (TPSA) is 75.7 Å². The van der Waals surface area contributed by atoms with Crippen LogP contribution in [0.4, 0.5) is 10.1 Å². The van der Waals surface area contributed by atoms with Gasteiger partial charge in [0.2, 0.25) is 0 Å². The fraction of sp³-hybridized carbons (Fsp3) is 0.286. The summed E-state index contributed by atoms with van der Waals surface area (Å²) in [6.07, 6.45) is 5.71. The Morgan fingerprint density at radius 3 is 2.48 bits per heavy atom. The lowest BCUT2D eigenvalue weighted by Gasteiger charge is -2.21. The van der Waals surface area contributed by atoms with Gasteiger partial charge in [0.25, 0.3) is 5.91 Å². The van der Waals surface area contributed by atoms with Crippen LogP contribution < -0.4 is 13.8 Å². The molecule has 0 spiro atoms. The summed E-state index contributed by atoms with van der Waals surface area (Å²) in [5.74, 6) is -1.35. The largest absolute Gasteiger partial charge is 0.487 e. The molecule has 1 saturated heterocycles. The van der Waals surface area contributed by atoms with E-state index in [0.29, 0.717) is 5.56 Å². The molecule has 1 amide bonds. The molecule has 1 aliphatic carbocycles. The van der Waals surface area contributed by atoms with E-state index in [0.717, 1.165) is 41.1 Å². The van der Waals surface area contributed by atoms with Crippen molar-refractivity contribution in [3.63, 3.8) is 0 Å². The van der Waals surface area contributed by atoms with Gasteiger partial charge in [-0.2, -0.15) is 8.42 Å². The first kappa shape index (κ1) is 19.4. The van der Waals surface area contributed by atoms with Crippen molar-refractivity contribution in [2.75, 3.05) is 10.8 Å². The second-order valence-electron chi connectivity index (χ2n) is 7.14. The molecule has 2 aromatic rings. The van der Waals surface area contributed by atoms with E-state index >= 15 is 4.39 Å². The van der Waals surface area contributed by atoms with Crippen LogP contribution >= 0.6 is 0 Å². The lowest BCUT2D eigenvalue weighted by molar-refractivity contribution is -0.117. The fourth-order valence-electron chi connectivity index (χ4n) is 3.60. The van der Waals surface area contributed by atoms with Gasteiger partial charge in [-0.3, -0.25) is 4.79 Å². The van der Waals surface area contributed by atoms with Crippen LogP contribution in [0.1, 0.15) is 36.8 Å². The number of nitrogens with zero attached hydrogens (tertiary/aromatic N) is 1. The number of carbonyl (C=O) groups excluding carboxylic acids is 1. The van der Waals surface area contributed by atoms with E-state index in [1.165, 1.54) is 0 Å². The maximum absolute atomic E-state index is 15.5. The highest BCUT2D eigenvalue weighted by Gasteiger charge is 2.38. The van der Waals surface area contributed by atoms with E-state index in [1.54, 1.807) is 18.2 Å². The monoisotopic (exact) mass is 416 g/mol. The molecule has 0 aromatic heterocycles. The number of hydrogen-bond acceptors (Lipinski definition) is 4. The lowest BCUT2D eigenvalue weighted by Crippen LogP contribution is -2.30. The molecule has 4 rings (SSSR count). The maximum Gasteiger partial charge on any atom is 0.326 e. The number of benzene rings is 2. The molecular weight excluding hydrogens is 395 g/mol. The Hall–Kier alpha value is -2.87. The molecule has 8 heteroatoms. The van der Waals surface area contributed by atoms with Crippen molar-refractivity contribution in [2.24, 2.45) is 0 Å². The Morgan fingerprint density at radius 1 is 1.10 bits per heavy atom. The summed E-state index contributed by atoms with van der Waals surface area (Å²) in [7, 11) is -4.17. The number of anilines is 1. The van der Waals surface area contributed by atoms with E-state index in [9.17, 15) is 13.2 Å². The van der Waals surface area contributed by atoms with Crippen molar-refractivity contribution in [3.05, 3.63) is 65.0 Å². The van der Waals surface area contributed by atoms with Gasteiger partial charge in [-0.15, -0.1) is 0 Å². The average Bonchev–Trinajstić information content (AvgIpc) is 3.29. The molecular formula is C21H21FN2O4S. The van der Waals surface area contributed by atoms with E-state index in [2.05, 4.69) is 0 Å². The Kier molecular flexibility index (Phi) is 5.27. The molecule has 152 valence electrons. The average molecular weight is 416 g/mol. The Labute approximate surface area is 169 Å². The lowest BCUT2D eigenvalue weighted by atomic mass is 10.1. The molecule has 6 nitrogen and oxygen atoms in total. The summed E-state index contributed by atoms with van der Waals surface area (Å²) in [5.41, 5.74) is 2.03. The first-order chi connectivity index (χ1) is 13.9. The number of carbonyl (C=O) groups is 1. The number of hydrogen-bond donors (Lipinski definition) is 1. The highest BCUT2D eigenvalue weighted by Crippen LogP contribution is 2.38. The number of amides is 1. The third kappa shape index (κ3) is 4.12. The van der Waals surface area contributed by atoms with Crippen molar-refractivity contribution in [3.8, 4) is 5.75 Å². The van der Waals surface area contributed by atoms with Crippen LogP contribution in [0.2, 0.25) is 0 Å². The molecule has 2 aliphatic rings. The smallest absolute Gasteiger partial charge is 0.326 e. The number of nitrogens with one attached hydrogen (secondary N) is 1. The molecule has 2 fully saturated rings. The summed E-state index contributed by atoms with van der Waals surface area (Å²) < 4.78 is 48.6. The van der Waals surface area contributed by atoms with Gasteiger partial charge >= 0.3 is 10.2 Å². The molecule has 29 heavy (non-hydrogen) atoms. The second kappa shape index (κ2) is 7.87. The number of halogens is 1. The van der Waals surface area contributed by atoms with Crippen LogP contribution in [0, 0.1) is 5.82 Å².